The molecular weight excluding hydrogens is 292 g/mol. The van der Waals surface area contributed by atoms with Crippen molar-refractivity contribution in [1.82, 2.24) is 0 Å². The lowest BCUT2D eigenvalue weighted by Crippen LogP contribution is -2.26. The van der Waals surface area contributed by atoms with Gasteiger partial charge in [0.05, 0.1) is 4.91 Å². The van der Waals surface area contributed by atoms with Gasteiger partial charge in [0, 0.05) is 0 Å². The van der Waals surface area contributed by atoms with E-state index in [1.807, 2.05) is 0 Å². The Hall–Kier alpha value is -1.22. The topological polar surface area (TPSA) is 109 Å². The Kier molecular flexibility index (Phi) is 3.29. The van der Waals surface area contributed by atoms with Crippen molar-refractivity contribution in [2.75, 3.05) is 0 Å². The van der Waals surface area contributed by atoms with Gasteiger partial charge < -0.3 is 0 Å². The largest absolute Gasteiger partial charge is 0.294 e. The van der Waals surface area contributed by atoms with Gasteiger partial charge in [-0.15, -0.1) is 0 Å². The number of hydrogen-bond donors (Lipinski definition) is 2. The first-order chi connectivity index (χ1) is 8.59. The first-order valence-corrected chi connectivity index (χ1v) is 8.29. The lowest BCUT2D eigenvalue weighted by atomic mass is 9.95. The Morgan fingerprint density at radius 3 is 2.32 bits per heavy atom. The van der Waals surface area contributed by atoms with E-state index in [9.17, 15) is 16.8 Å². The van der Waals surface area contributed by atoms with Crippen LogP contribution in [0.3, 0.4) is 0 Å². The maximum atomic E-state index is 11.3. The van der Waals surface area contributed by atoms with E-state index in [-0.39, 0.29) is 12.0 Å². The van der Waals surface area contributed by atoms with Crippen molar-refractivity contribution < 1.29 is 25.9 Å². The smallest absolute Gasteiger partial charge is 0.285 e. The summed E-state index contributed by atoms with van der Waals surface area (Å²) in [5.41, 5.74) is 1.54. The molecule has 0 saturated heterocycles. The van der Waals surface area contributed by atoms with Gasteiger partial charge >= 0.3 is 0 Å². The predicted molar refractivity (Wildman–Crippen MR) is 69.7 cm³/mol. The van der Waals surface area contributed by atoms with E-state index in [0.29, 0.717) is 5.56 Å². The zero-order chi connectivity index (χ0) is 14.4. The molecule has 1 atom stereocenters. The quantitative estimate of drug-likeness (QED) is 0.790. The lowest BCUT2D eigenvalue weighted by Gasteiger charge is -2.21. The summed E-state index contributed by atoms with van der Waals surface area (Å²) in [5, 5.41) is -1.38. The van der Waals surface area contributed by atoms with Gasteiger partial charge in [0.15, 0.2) is 0 Å². The molecule has 0 bridgehead atoms. The van der Waals surface area contributed by atoms with Crippen LogP contribution in [0.15, 0.2) is 24.3 Å². The highest BCUT2D eigenvalue weighted by Gasteiger charge is 2.32. The molecule has 0 heterocycles. The van der Waals surface area contributed by atoms with Crippen LogP contribution in [0.25, 0.3) is 4.91 Å². The van der Waals surface area contributed by atoms with Crippen LogP contribution in [0, 0.1) is 6.92 Å². The van der Waals surface area contributed by atoms with Crippen molar-refractivity contribution in [1.29, 1.82) is 0 Å². The second-order valence-corrected chi connectivity index (χ2v) is 7.45. The van der Waals surface area contributed by atoms with E-state index in [4.69, 9.17) is 9.11 Å². The van der Waals surface area contributed by atoms with Crippen LogP contribution in [0.2, 0.25) is 0 Å². The molecule has 2 N–H and O–H groups in total. The summed E-state index contributed by atoms with van der Waals surface area (Å²) in [5.74, 6) is 0. The van der Waals surface area contributed by atoms with E-state index >= 15 is 0 Å². The molecule has 0 aromatic heterocycles. The maximum Gasteiger partial charge on any atom is 0.294 e. The van der Waals surface area contributed by atoms with Crippen LogP contribution in [0.1, 0.15) is 16.7 Å². The van der Waals surface area contributed by atoms with E-state index in [1.165, 1.54) is 6.07 Å². The maximum absolute atomic E-state index is 11.3. The monoisotopic (exact) mass is 304 g/mol. The first kappa shape index (κ1) is 14.2. The molecule has 6 nitrogen and oxygen atoms in total. The fraction of sp³-hybridized carbons (Fsp3) is 0.273. The molecule has 19 heavy (non-hydrogen) atoms. The molecule has 0 saturated carbocycles. The van der Waals surface area contributed by atoms with E-state index in [2.05, 4.69) is 0 Å². The minimum Gasteiger partial charge on any atom is -0.285 e. The van der Waals surface area contributed by atoms with Gasteiger partial charge in [0.2, 0.25) is 0 Å². The summed E-state index contributed by atoms with van der Waals surface area (Å²) < 4.78 is 63.3. The highest BCUT2D eigenvalue weighted by Crippen LogP contribution is 2.32. The summed E-state index contributed by atoms with van der Waals surface area (Å²) in [7, 11) is -8.99. The molecule has 1 aromatic carbocycles. The first-order valence-electron chi connectivity index (χ1n) is 5.34. The zero-order valence-electron chi connectivity index (χ0n) is 9.94. The standard InChI is InChI=1S/C11H12O6S2/c1-7-2-3-10-8(4-7)5-9(18(12,13)14)6-11(10)19(15,16)17/h2-4,6,9H,5H2,1H3,(H,12,13,14)(H,15,16,17). The molecule has 1 aromatic rings. The van der Waals surface area contributed by atoms with Crippen molar-refractivity contribution in [3.8, 4) is 0 Å². The molecule has 0 amide bonds. The molecule has 0 aliphatic heterocycles. The average Bonchev–Trinajstić information content (AvgIpc) is 2.24. The van der Waals surface area contributed by atoms with Crippen molar-refractivity contribution in [2.45, 2.75) is 18.6 Å². The van der Waals surface area contributed by atoms with Gasteiger partial charge in [0.1, 0.15) is 5.25 Å². The van der Waals surface area contributed by atoms with Gasteiger partial charge in [-0.1, -0.05) is 23.8 Å². The number of hydrogen-bond acceptors (Lipinski definition) is 4. The van der Waals surface area contributed by atoms with Crippen molar-refractivity contribution in [3.05, 3.63) is 41.0 Å². The van der Waals surface area contributed by atoms with E-state index in [0.717, 1.165) is 11.6 Å². The molecule has 0 spiro atoms. The van der Waals surface area contributed by atoms with E-state index in [1.54, 1.807) is 19.1 Å². The summed E-state index contributed by atoms with van der Waals surface area (Å²) in [6.07, 6.45) is 0.831. The lowest BCUT2D eigenvalue weighted by molar-refractivity contribution is 0.474. The number of rotatable bonds is 2. The van der Waals surface area contributed by atoms with Crippen LogP contribution in [0.4, 0.5) is 0 Å². The minimum absolute atomic E-state index is 0.0329. The average molecular weight is 304 g/mol. The molecule has 8 heteroatoms. The fourth-order valence-corrected chi connectivity index (χ4v) is 3.68. The van der Waals surface area contributed by atoms with Crippen LogP contribution in [0.5, 0.6) is 0 Å². The molecule has 0 fully saturated rings. The van der Waals surface area contributed by atoms with Gasteiger partial charge in [-0.25, -0.2) is 0 Å². The molecule has 1 aliphatic rings. The van der Waals surface area contributed by atoms with Gasteiger partial charge in [0.25, 0.3) is 20.2 Å². The molecule has 1 unspecified atom stereocenters. The number of aryl methyl sites for hydroxylation is 1. The van der Waals surface area contributed by atoms with Crippen LogP contribution in [-0.4, -0.2) is 31.2 Å². The molecule has 1 aliphatic carbocycles. The Morgan fingerprint density at radius 1 is 1.16 bits per heavy atom. The minimum atomic E-state index is -4.56. The highest BCUT2D eigenvalue weighted by atomic mass is 32.2. The third-order valence-corrected chi connectivity index (χ3v) is 4.92. The van der Waals surface area contributed by atoms with Crippen LogP contribution >= 0.6 is 0 Å². The Morgan fingerprint density at radius 2 is 1.79 bits per heavy atom. The Balaban J connectivity index is 2.71. The van der Waals surface area contributed by atoms with Crippen molar-refractivity contribution in [3.63, 3.8) is 0 Å². The molecule has 104 valence electrons. The zero-order valence-corrected chi connectivity index (χ0v) is 11.6. The number of benzene rings is 1. The third-order valence-electron chi connectivity index (χ3n) is 2.95. The molecule has 2 rings (SSSR count). The van der Waals surface area contributed by atoms with Crippen LogP contribution < -0.4 is 0 Å². The van der Waals surface area contributed by atoms with Crippen molar-refractivity contribution >= 4 is 25.1 Å². The summed E-state index contributed by atoms with van der Waals surface area (Å²) in [6.45, 7) is 1.77. The second kappa shape index (κ2) is 4.41. The normalized spacial score (nSPS) is 19.7. The predicted octanol–water partition coefficient (Wildman–Crippen LogP) is 1.04. The van der Waals surface area contributed by atoms with Crippen LogP contribution in [-0.2, 0) is 26.7 Å². The molecular formula is C11H12O6S2. The van der Waals surface area contributed by atoms with Gasteiger partial charge in [-0.2, -0.15) is 16.8 Å². The van der Waals surface area contributed by atoms with Gasteiger partial charge in [-0.05, 0) is 30.5 Å². The number of fused-ring (bicyclic) bond motifs is 1. The molecule has 0 radical (unpaired) electrons. The highest BCUT2D eigenvalue weighted by molar-refractivity contribution is 7.95. The third kappa shape index (κ3) is 2.86. The van der Waals surface area contributed by atoms with Gasteiger partial charge in [-0.3, -0.25) is 9.11 Å². The second-order valence-electron chi connectivity index (χ2n) is 4.42. The van der Waals surface area contributed by atoms with Crippen molar-refractivity contribution in [2.24, 2.45) is 0 Å². The SMILES string of the molecule is Cc1ccc2c(c1)CC(S(=O)(=O)O)C=C2S(=O)(=O)O. The summed E-state index contributed by atoms with van der Waals surface area (Å²) >= 11 is 0. The Bertz CT molecular complexity index is 758. The van der Waals surface area contributed by atoms with E-state index < -0.39 is 30.4 Å². The summed E-state index contributed by atoms with van der Waals surface area (Å²) in [6, 6.07) is 4.79. The summed E-state index contributed by atoms with van der Waals surface area (Å²) in [4.78, 5) is -0.489. The fourth-order valence-electron chi connectivity index (χ4n) is 2.08. The Labute approximate surface area is 111 Å².